The Morgan fingerprint density at radius 2 is 1.96 bits per heavy atom. The standard InChI is InChI=1S/C17H27N3O2S.HI/c1-18-17(20-13-4-9-16(12-13)23-3)19-10-11-22-15-7-5-14(21-2)6-8-15;/h5-8,13,16H,4,9-12H2,1-3H3,(H2,18,19,20);1H. The molecule has 24 heavy (non-hydrogen) atoms. The summed E-state index contributed by atoms with van der Waals surface area (Å²) in [6.45, 7) is 1.30. The molecule has 2 rings (SSSR count). The molecule has 0 amide bonds. The molecule has 0 aromatic heterocycles. The summed E-state index contributed by atoms with van der Waals surface area (Å²) in [7, 11) is 3.46. The highest BCUT2D eigenvalue weighted by molar-refractivity contribution is 14.0. The maximum absolute atomic E-state index is 5.70. The Labute approximate surface area is 166 Å². The predicted molar refractivity (Wildman–Crippen MR) is 113 cm³/mol. The number of guanidine groups is 1. The van der Waals surface area contributed by atoms with Crippen LogP contribution in [0.3, 0.4) is 0 Å². The lowest BCUT2D eigenvalue weighted by atomic mass is 10.2. The van der Waals surface area contributed by atoms with Crippen molar-refractivity contribution in [3.05, 3.63) is 24.3 Å². The number of aliphatic imine (C=N–C) groups is 1. The SMILES string of the molecule is CN=C(NCCOc1ccc(OC)cc1)NC1CCC(SC)C1.I. The largest absolute Gasteiger partial charge is 0.497 e. The van der Waals surface area contributed by atoms with E-state index in [0.717, 1.165) is 22.7 Å². The third-order valence-corrected chi connectivity index (χ3v) is 5.10. The molecule has 1 aromatic rings. The van der Waals surface area contributed by atoms with Gasteiger partial charge in [0.05, 0.1) is 13.7 Å². The molecule has 7 heteroatoms. The zero-order valence-corrected chi connectivity index (χ0v) is 17.7. The van der Waals surface area contributed by atoms with Crippen molar-refractivity contribution in [2.45, 2.75) is 30.6 Å². The molecule has 2 unspecified atom stereocenters. The van der Waals surface area contributed by atoms with E-state index < -0.39 is 0 Å². The first-order valence-corrected chi connectivity index (χ1v) is 9.30. The quantitative estimate of drug-likeness (QED) is 0.281. The first kappa shape index (κ1) is 21.2. The van der Waals surface area contributed by atoms with Crippen LogP contribution in [0.15, 0.2) is 29.3 Å². The maximum Gasteiger partial charge on any atom is 0.191 e. The van der Waals surface area contributed by atoms with E-state index in [1.54, 1.807) is 14.2 Å². The van der Waals surface area contributed by atoms with Gasteiger partial charge in [-0.3, -0.25) is 4.99 Å². The van der Waals surface area contributed by atoms with E-state index in [0.29, 0.717) is 19.2 Å². The first-order chi connectivity index (χ1) is 11.2. The van der Waals surface area contributed by atoms with Crippen LogP contribution in [-0.2, 0) is 0 Å². The number of halogens is 1. The molecule has 1 aromatic carbocycles. The number of methoxy groups -OCH3 is 1. The average Bonchev–Trinajstić information content (AvgIpc) is 3.05. The summed E-state index contributed by atoms with van der Waals surface area (Å²) in [4.78, 5) is 4.29. The molecule has 0 aliphatic heterocycles. The summed E-state index contributed by atoms with van der Waals surface area (Å²) in [5, 5.41) is 7.58. The molecule has 0 spiro atoms. The Hall–Kier alpha value is -0.830. The number of nitrogens with one attached hydrogen (secondary N) is 2. The van der Waals surface area contributed by atoms with Crippen LogP contribution >= 0.6 is 35.7 Å². The van der Waals surface area contributed by atoms with Gasteiger partial charge >= 0.3 is 0 Å². The van der Waals surface area contributed by atoms with E-state index in [2.05, 4.69) is 21.9 Å². The number of hydrogen-bond donors (Lipinski definition) is 2. The van der Waals surface area contributed by atoms with Gasteiger partial charge in [0, 0.05) is 18.3 Å². The van der Waals surface area contributed by atoms with Gasteiger partial charge in [-0.2, -0.15) is 11.8 Å². The van der Waals surface area contributed by atoms with Crippen LogP contribution in [0.1, 0.15) is 19.3 Å². The second kappa shape index (κ2) is 11.7. The molecule has 0 radical (unpaired) electrons. The van der Waals surface area contributed by atoms with Crippen LogP contribution in [0, 0.1) is 0 Å². The van der Waals surface area contributed by atoms with Crippen molar-refractivity contribution < 1.29 is 9.47 Å². The zero-order chi connectivity index (χ0) is 16.5. The molecule has 2 N–H and O–H groups in total. The number of hydrogen-bond acceptors (Lipinski definition) is 4. The van der Waals surface area contributed by atoms with Crippen molar-refractivity contribution in [3.63, 3.8) is 0 Å². The second-order valence-electron chi connectivity index (χ2n) is 5.54. The Bertz CT molecular complexity index is 499. The first-order valence-electron chi connectivity index (χ1n) is 8.02. The highest BCUT2D eigenvalue weighted by atomic mass is 127. The highest BCUT2D eigenvalue weighted by Gasteiger charge is 2.24. The number of rotatable bonds is 7. The Morgan fingerprint density at radius 1 is 1.25 bits per heavy atom. The zero-order valence-electron chi connectivity index (χ0n) is 14.6. The minimum atomic E-state index is 0. The maximum atomic E-state index is 5.70. The number of benzene rings is 1. The fourth-order valence-corrected chi connectivity index (χ4v) is 3.48. The van der Waals surface area contributed by atoms with Gasteiger partial charge in [-0.15, -0.1) is 24.0 Å². The normalized spacial score (nSPS) is 20.2. The van der Waals surface area contributed by atoms with Crippen molar-refractivity contribution in [1.29, 1.82) is 0 Å². The number of ether oxygens (including phenoxy) is 2. The summed E-state index contributed by atoms with van der Waals surface area (Å²) >= 11 is 1.96. The van der Waals surface area contributed by atoms with Crippen molar-refractivity contribution in [1.82, 2.24) is 10.6 Å². The van der Waals surface area contributed by atoms with Crippen molar-refractivity contribution >= 4 is 41.7 Å². The van der Waals surface area contributed by atoms with Crippen LogP contribution in [0.25, 0.3) is 0 Å². The third kappa shape index (κ3) is 6.96. The van der Waals surface area contributed by atoms with Crippen LogP contribution in [-0.4, -0.2) is 50.8 Å². The molecule has 136 valence electrons. The lowest BCUT2D eigenvalue weighted by molar-refractivity contribution is 0.320. The van der Waals surface area contributed by atoms with E-state index >= 15 is 0 Å². The van der Waals surface area contributed by atoms with Crippen LogP contribution in [0.2, 0.25) is 0 Å². The molecular weight excluding hydrogens is 437 g/mol. The molecule has 0 heterocycles. The van der Waals surface area contributed by atoms with Crippen LogP contribution in [0.5, 0.6) is 11.5 Å². The average molecular weight is 465 g/mol. The van der Waals surface area contributed by atoms with Gasteiger partial charge in [0.2, 0.25) is 0 Å². The Balaban J connectivity index is 0.00000288. The van der Waals surface area contributed by atoms with Gasteiger partial charge in [0.1, 0.15) is 18.1 Å². The minimum absolute atomic E-state index is 0. The van der Waals surface area contributed by atoms with Crippen molar-refractivity contribution in [2.24, 2.45) is 4.99 Å². The molecule has 5 nitrogen and oxygen atoms in total. The van der Waals surface area contributed by atoms with E-state index in [1.807, 2.05) is 36.0 Å². The van der Waals surface area contributed by atoms with Gasteiger partial charge in [-0.1, -0.05) is 0 Å². The molecule has 0 bridgehead atoms. The monoisotopic (exact) mass is 465 g/mol. The molecular formula is C17H28IN3O2S. The molecule has 1 fully saturated rings. The van der Waals surface area contributed by atoms with E-state index in [9.17, 15) is 0 Å². The minimum Gasteiger partial charge on any atom is -0.497 e. The predicted octanol–water partition coefficient (Wildman–Crippen LogP) is 3.14. The number of nitrogens with zero attached hydrogens (tertiary/aromatic N) is 1. The van der Waals surface area contributed by atoms with E-state index in [1.165, 1.54) is 19.3 Å². The molecule has 2 atom stereocenters. The third-order valence-electron chi connectivity index (χ3n) is 4.00. The summed E-state index contributed by atoms with van der Waals surface area (Å²) in [6.07, 6.45) is 5.91. The van der Waals surface area contributed by atoms with Crippen molar-refractivity contribution in [2.75, 3.05) is 33.6 Å². The summed E-state index contributed by atoms with van der Waals surface area (Å²) in [5.74, 6) is 2.53. The fraction of sp³-hybridized carbons (Fsp3) is 0.588. The van der Waals surface area contributed by atoms with E-state index in [4.69, 9.17) is 9.47 Å². The second-order valence-corrected chi connectivity index (χ2v) is 6.67. The molecule has 1 aliphatic rings. The lowest BCUT2D eigenvalue weighted by Crippen LogP contribution is -2.43. The lowest BCUT2D eigenvalue weighted by Gasteiger charge is -2.17. The van der Waals surface area contributed by atoms with Gasteiger partial charge in [0.25, 0.3) is 0 Å². The molecule has 1 saturated carbocycles. The highest BCUT2D eigenvalue weighted by Crippen LogP contribution is 2.27. The van der Waals surface area contributed by atoms with Gasteiger partial charge < -0.3 is 20.1 Å². The number of thioether (sulfide) groups is 1. The topological polar surface area (TPSA) is 54.9 Å². The van der Waals surface area contributed by atoms with E-state index in [-0.39, 0.29) is 24.0 Å². The molecule has 1 aliphatic carbocycles. The van der Waals surface area contributed by atoms with Crippen LogP contribution in [0.4, 0.5) is 0 Å². The Morgan fingerprint density at radius 3 is 2.54 bits per heavy atom. The van der Waals surface area contributed by atoms with Crippen molar-refractivity contribution in [3.8, 4) is 11.5 Å². The summed E-state index contributed by atoms with van der Waals surface area (Å²) in [5.41, 5.74) is 0. The van der Waals surface area contributed by atoms with Crippen LogP contribution < -0.4 is 20.1 Å². The Kier molecular flexibility index (Phi) is 10.3. The van der Waals surface area contributed by atoms with Gasteiger partial charge in [-0.25, -0.2) is 0 Å². The summed E-state index contributed by atoms with van der Waals surface area (Å²) < 4.78 is 10.8. The van der Waals surface area contributed by atoms with Gasteiger partial charge in [0.15, 0.2) is 5.96 Å². The summed E-state index contributed by atoms with van der Waals surface area (Å²) in [6, 6.07) is 8.14. The fourth-order valence-electron chi connectivity index (χ4n) is 2.68. The smallest absolute Gasteiger partial charge is 0.191 e. The van der Waals surface area contributed by atoms with Gasteiger partial charge in [-0.05, 0) is 49.8 Å². The molecule has 0 saturated heterocycles.